The number of aromatic nitrogens is 1. The summed E-state index contributed by atoms with van der Waals surface area (Å²) in [4.78, 5) is 3.83. The van der Waals surface area contributed by atoms with Crippen molar-refractivity contribution in [3.8, 4) is 5.75 Å². The van der Waals surface area contributed by atoms with Gasteiger partial charge in [-0.2, -0.15) is 0 Å². The van der Waals surface area contributed by atoms with E-state index in [1.165, 1.54) is 12.3 Å². The van der Waals surface area contributed by atoms with Crippen LogP contribution in [0, 0.1) is 0 Å². The lowest BCUT2D eigenvalue weighted by atomic mass is 10.2. The van der Waals surface area contributed by atoms with E-state index in [0.29, 0.717) is 5.69 Å². The van der Waals surface area contributed by atoms with Crippen LogP contribution in [0.2, 0.25) is 0 Å². The van der Waals surface area contributed by atoms with Gasteiger partial charge in [0.15, 0.2) is 0 Å². The minimum atomic E-state index is -1.85. The van der Waals surface area contributed by atoms with Gasteiger partial charge in [-0.3, -0.25) is 4.98 Å². The fourth-order valence-corrected chi connectivity index (χ4v) is 0.830. The van der Waals surface area contributed by atoms with Crippen LogP contribution in [-0.4, -0.2) is 27.5 Å². The summed E-state index contributed by atoms with van der Waals surface area (Å²) >= 11 is 0. The highest BCUT2D eigenvalue weighted by molar-refractivity contribution is 6.33. The van der Waals surface area contributed by atoms with E-state index in [0.717, 1.165) is 0 Å². The fraction of sp³-hybridized carbons (Fsp3) is 0.286. The standard InChI is InChI=1S/C7H10BNO4/c1-5(10)7-3-2-6(4-9-7)13-8(11)12/h2-5,10-12H,1H3. The molecule has 1 heterocycles. The van der Waals surface area contributed by atoms with Crippen molar-refractivity contribution in [3.63, 3.8) is 0 Å². The third kappa shape index (κ3) is 3.02. The number of nitrogens with zero attached hydrogens (tertiary/aromatic N) is 1. The normalized spacial score (nSPS) is 12.3. The molecular formula is C7H10BNO4. The zero-order valence-electron chi connectivity index (χ0n) is 7.08. The summed E-state index contributed by atoms with van der Waals surface area (Å²) in [6.45, 7) is 1.59. The van der Waals surface area contributed by atoms with Crippen LogP contribution in [0.15, 0.2) is 18.3 Å². The van der Waals surface area contributed by atoms with Crippen molar-refractivity contribution in [1.82, 2.24) is 4.98 Å². The van der Waals surface area contributed by atoms with Crippen molar-refractivity contribution in [3.05, 3.63) is 24.0 Å². The molecule has 1 atom stereocenters. The van der Waals surface area contributed by atoms with Crippen molar-refractivity contribution in [2.24, 2.45) is 0 Å². The first-order valence-electron chi connectivity index (χ1n) is 3.76. The Morgan fingerprint density at radius 2 is 2.15 bits per heavy atom. The second kappa shape index (κ2) is 4.22. The lowest BCUT2D eigenvalue weighted by Gasteiger charge is -2.06. The van der Waals surface area contributed by atoms with E-state index in [-0.39, 0.29) is 5.75 Å². The average Bonchev–Trinajstić information content (AvgIpc) is 2.04. The van der Waals surface area contributed by atoms with Crippen LogP contribution in [-0.2, 0) is 0 Å². The van der Waals surface area contributed by atoms with Gasteiger partial charge in [0.2, 0.25) is 0 Å². The van der Waals surface area contributed by atoms with Crippen LogP contribution in [0.25, 0.3) is 0 Å². The van der Waals surface area contributed by atoms with Crippen molar-refractivity contribution < 1.29 is 19.8 Å². The van der Waals surface area contributed by atoms with E-state index in [9.17, 15) is 0 Å². The lowest BCUT2D eigenvalue weighted by molar-refractivity contribution is 0.194. The van der Waals surface area contributed by atoms with Gasteiger partial charge in [-0.15, -0.1) is 0 Å². The minimum Gasteiger partial charge on any atom is -0.511 e. The number of rotatable bonds is 3. The van der Waals surface area contributed by atoms with Gasteiger partial charge < -0.3 is 19.8 Å². The molecule has 1 aromatic rings. The minimum absolute atomic E-state index is 0.236. The van der Waals surface area contributed by atoms with Gasteiger partial charge in [0.05, 0.1) is 18.0 Å². The first-order valence-corrected chi connectivity index (χ1v) is 3.76. The first-order chi connectivity index (χ1) is 6.09. The number of aliphatic hydroxyl groups is 1. The van der Waals surface area contributed by atoms with Crippen molar-refractivity contribution in [1.29, 1.82) is 0 Å². The molecule has 1 aromatic heterocycles. The Morgan fingerprint density at radius 1 is 1.46 bits per heavy atom. The monoisotopic (exact) mass is 183 g/mol. The smallest absolute Gasteiger partial charge is 0.511 e. The Labute approximate surface area is 75.8 Å². The number of hydrogen-bond donors (Lipinski definition) is 3. The maximum absolute atomic E-state index is 9.09. The van der Waals surface area contributed by atoms with Crippen molar-refractivity contribution in [2.45, 2.75) is 13.0 Å². The van der Waals surface area contributed by atoms with Crippen molar-refractivity contribution >= 4 is 7.32 Å². The maximum Gasteiger partial charge on any atom is 0.707 e. The Kier molecular flexibility index (Phi) is 3.24. The first kappa shape index (κ1) is 9.98. The Hall–Kier alpha value is -1.11. The molecule has 0 saturated heterocycles. The highest BCUT2D eigenvalue weighted by atomic mass is 16.6. The molecule has 0 aliphatic heterocycles. The molecule has 1 unspecified atom stereocenters. The van der Waals surface area contributed by atoms with Gasteiger partial charge in [-0.05, 0) is 19.1 Å². The van der Waals surface area contributed by atoms with Crippen LogP contribution in [0.4, 0.5) is 0 Å². The largest absolute Gasteiger partial charge is 0.707 e. The highest BCUT2D eigenvalue weighted by Crippen LogP contribution is 2.13. The van der Waals surface area contributed by atoms with E-state index in [2.05, 4.69) is 9.64 Å². The maximum atomic E-state index is 9.09. The molecule has 0 saturated carbocycles. The summed E-state index contributed by atoms with van der Waals surface area (Å²) in [7, 11) is -1.85. The average molecular weight is 183 g/mol. The number of hydrogen-bond acceptors (Lipinski definition) is 5. The van der Waals surface area contributed by atoms with Gasteiger partial charge in [0, 0.05) is 0 Å². The van der Waals surface area contributed by atoms with Gasteiger partial charge in [-0.1, -0.05) is 0 Å². The molecule has 13 heavy (non-hydrogen) atoms. The predicted molar refractivity (Wildman–Crippen MR) is 45.7 cm³/mol. The molecule has 1 rings (SSSR count). The fourth-order valence-electron chi connectivity index (χ4n) is 0.830. The Morgan fingerprint density at radius 3 is 2.54 bits per heavy atom. The van der Waals surface area contributed by atoms with E-state index in [1.807, 2.05) is 0 Å². The zero-order chi connectivity index (χ0) is 9.84. The second-order valence-electron chi connectivity index (χ2n) is 2.54. The lowest BCUT2D eigenvalue weighted by Crippen LogP contribution is -2.20. The van der Waals surface area contributed by atoms with Crippen LogP contribution >= 0.6 is 0 Å². The Balaban J connectivity index is 2.70. The molecule has 6 heteroatoms. The molecule has 3 N–H and O–H groups in total. The van der Waals surface area contributed by atoms with Gasteiger partial charge in [0.25, 0.3) is 0 Å². The summed E-state index contributed by atoms with van der Waals surface area (Å²) in [5.41, 5.74) is 0.500. The van der Waals surface area contributed by atoms with Crippen LogP contribution in [0.1, 0.15) is 18.7 Å². The number of aliphatic hydroxyl groups excluding tert-OH is 1. The van der Waals surface area contributed by atoms with Gasteiger partial charge in [-0.25, -0.2) is 0 Å². The molecule has 0 spiro atoms. The summed E-state index contributed by atoms with van der Waals surface area (Å²) in [5.74, 6) is 0.236. The molecule has 0 aliphatic rings. The van der Waals surface area contributed by atoms with E-state index < -0.39 is 13.4 Å². The summed E-state index contributed by atoms with van der Waals surface area (Å²) < 4.78 is 4.52. The molecule has 0 aliphatic carbocycles. The molecule has 70 valence electrons. The number of pyridine rings is 1. The third-order valence-corrected chi connectivity index (χ3v) is 1.43. The molecule has 0 radical (unpaired) electrons. The predicted octanol–water partition coefficient (Wildman–Crippen LogP) is -0.517. The van der Waals surface area contributed by atoms with Gasteiger partial charge >= 0.3 is 7.32 Å². The highest BCUT2D eigenvalue weighted by Gasteiger charge is 2.11. The quantitative estimate of drug-likeness (QED) is 0.549. The summed E-state index contributed by atoms with van der Waals surface area (Å²) in [5, 5.41) is 26.0. The topological polar surface area (TPSA) is 82.8 Å². The van der Waals surface area contributed by atoms with Crippen molar-refractivity contribution in [2.75, 3.05) is 0 Å². The molecule has 0 amide bonds. The SMILES string of the molecule is CC(O)c1ccc(OB(O)O)cn1. The van der Waals surface area contributed by atoms with Crippen LogP contribution in [0.3, 0.4) is 0 Å². The van der Waals surface area contributed by atoms with E-state index in [1.54, 1.807) is 13.0 Å². The summed E-state index contributed by atoms with van der Waals surface area (Å²) in [6.07, 6.45) is 0.662. The molecule has 0 aromatic carbocycles. The van der Waals surface area contributed by atoms with Crippen LogP contribution in [0.5, 0.6) is 5.75 Å². The second-order valence-corrected chi connectivity index (χ2v) is 2.54. The Bertz CT molecular complexity index is 262. The molecular weight excluding hydrogens is 173 g/mol. The van der Waals surface area contributed by atoms with Gasteiger partial charge in [0.1, 0.15) is 5.75 Å². The molecule has 5 nitrogen and oxygen atoms in total. The van der Waals surface area contributed by atoms with E-state index in [4.69, 9.17) is 15.2 Å². The zero-order valence-corrected chi connectivity index (χ0v) is 7.08. The van der Waals surface area contributed by atoms with Crippen LogP contribution < -0.4 is 4.65 Å². The molecule has 0 fully saturated rings. The molecule has 0 bridgehead atoms. The summed E-state index contributed by atoms with van der Waals surface area (Å²) in [6, 6.07) is 3.04. The third-order valence-electron chi connectivity index (χ3n) is 1.43. The van der Waals surface area contributed by atoms with E-state index >= 15 is 0 Å².